The molecule has 0 N–H and O–H groups in total. The number of hydrogen-bond donors (Lipinski definition) is 0. The van der Waals surface area contributed by atoms with Crippen molar-refractivity contribution >= 4 is 9.04 Å². The molecule has 1 aromatic rings. The van der Waals surface area contributed by atoms with Gasteiger partial charge in [-0.25, -0.2) is 0 Å². The van der Waals surface area contributed by atoms with Crippen molar-refractivity contribution in [2.24, 2.45) is 0 Å². The molecule has 0 aliphatic heterocycles. The van der Waals surface area contributed by atoms with Crippen LogP contribution in [0.2, 0.25) is 6.55 Å². The molecule has 0 saturated heterocycles. The van der Waals surface area contributed by atoms with Crippen LogP contribution in [0.5, 0.6) is 0 Å². The second kappa shape index (κ2) is 4.76. The van der Waals surface area contributed by atoms with Crippen molar-refractivity contribution in [1.29, 1.82) is 0 Å². The Balaban J connectivity index is 2.40. The zero-order valence-corrected chi connectivity index (χ0v) is 8.31. The van der Waals surface area contributed by atoms with Gasteiger partial charge in [-0.1, -0.05) is 30.3 Å². The van der Waals surface area contributed by atoms with E-state index in [-0.39, 0.29) is 0 Å². The van der Waals surface area contributed by atoms with Crippen molar-refractivity contribution in [3.63, 3.8) is 0 Å². The lowest BCUT2D eigenvalue weighted by Crippen LogP contribution is -2.09. The standard InChI is InChI=1S/C10H12OSi/c1-3-12(2)11-9-10-7-5-4-6-8-10/h1,4-8,12H,9H2,2H3. The maximum absolute atomic E-state index is 5.48. The first kappa shape index (κ1) is 9.05. The third-order valence-electron chi connectivity index (χ3n) is 1.58. The summed E-state index contributed by atoms with van der Waals surface area (Å²) in [7, 11) is -1.32. The van der Waals surface area contributed by atoms with Crippen LogP contribution >= 0.6 is 0 Å². The molecule has 1 unspecified atom stereocenters. The van der Waals surface area contributed by atoms with Gasteiger partial charge in [-0.05, 0) is 12.1 Å². The lowest BCUT2D eigenvalue weighted by Gasteiger charge is -2.04. The summed E-state index contributed by atoms with van der Waals surface area (Å²) in [6, 6.07) is 10.1. The van der Waals surface area contributed by atoms with Gasteiger partial charge >= 0.3 is 0 Å². The van der Waals surface area contributed by atoms with Crippen molar-refractivity contribution in [2.45, 2.75) is 13.2 Å². The Morgan fingerprint density at radius 3 is 2.67 bits per heavy atom. The van der Waals surface area contributed by atoms with Crippen LogP contribution in [0.1, 0.15) is 5.56 Å². The first-order valence-electron chi connectivity index (χ1n) is 3.94. The van der Waals surface area contributed by atoms with Crippen molar-refractivity contribution in [2.75, 3.05) is 0 Å². The average Bonchev–Trinajstić information content (AvgIpc) is 2.16. The highest BCUT2D eigenvalue weighted by atomic mass is 28.3. The van der Waals surface area contributed by atoms with Crippen LogP contribution in [-0.4, -0.2) is 9.04 Å². The summed E-state index contributed by atoms with van der Waals surface area (Å²) in [6.07, 6.45) is 5.22. The summed E-state index contributed by atoms with van der Waals surface area (Å²) in [5, 5.41) is 0. The van der Waals surface area contributed by atoms with Crippen LogP contribution in [0.15, 0.2) is 30.3 Å². The number of benzene rings is 1. The maximum Gasteiger partial charge on any atom is 0.253 e. The molecule has 1 nitrogen and oxygen atoms in total. The molecule has 0 heterocycles. The van der Waals surface area contributed by atoms with E-state index in [1.807, 2.05) is 36.9 Å². The zero-order valence-electron chi connectivity index (χ0n) is 7.16. The molecule has 0 aromatic heterocycles. The van der Waals surface area contributed by atoms with E-state index >= 15 is 0 Å². The summed E-state index contributed by atoms with van der Waals surface area (Å²) >= 11 is 0. The molecule has 2 heteroatoms. The molecule has 0 radical (unpaired) electrons. The van der Waals surface area contributed by atoms with Gasteiger partial charge < -0.3 is 4.43 Å². The van der Waals surface area contributed by atoms with E-state index in [0.29, 0.717) is 6.61 Å². The topological polar surface area (TPSA) is 9.23 Å². The molecule has 1 rings (SSSR count). The van der Waals surface area contributed by atoms with Gasteiger partial charge in [0.25, 0.3) is 9.04 Å². The van der Waals surface area contributed by atoms with E-state index in [4.69, 9.17) is 10.8 Å². The second-order valence-electron chi connectivity index (χ2n) is 2.61. The van der Waals surface area contributed by atoms with Gasteiger partial charge in [-0.3, -0.25) is 0 Å². The highest BCUT2D eigenvalue weighted by Gasteiger charge is 1.98. The van der Waals surface area contributed by atoms with E-state index < -0.39 is 9.04 Å². The van der Waals surface area contributed by atoms with Crippen molar-refractivity contribution in [3.8, 4) is 12.0 Å². The first-order chi connectivity index (χ1) is 5.83. The Morgan fingerprint density at radius 2 is 2.08 bits per heavy atom. The summed E-state index contributed by atoms with van der Waals surface area (Å²) in [5.41, 5.74) is 3.84. The molecule has 1 atom stereocenters. The van der Waals surface area contributed by atoms with Gasteiger partial charge in [0.2, 0.25) is 0 Å². The van der Waals surface area contributed by atoms with E-state index in [1.165, 1.54) is 5.56 Å². The molecule has 62 valence electrons. The van der Waals surface area contributed by atoms with E-state index in [9.17, 15) is 0 Å². The first-order valence-corrected chi connectivity index (χ1v) is 6.15. The highest BCUT2D eigenvalue weighted by Crippen LogP contribution is 2.00. The largest absolute Gasteiger partial charge is 0.404 e. The molecule has 0 bridgehead atoms. The normalized spacial score (nSPS) is 12.0. The molecule has 1 aromatic carbocycles. The lowest BCUT2D eigenvalue weighted by molar-refractivity contribution is 0.319. The molecule has 12 heavy (non-hydrogen) atoms. The fourth-order valence-corrected chi connectivity index (χ4v) is 1.38. The fraction of sp³-hybridized carbons (Fsp3) is 0.200. The predicted molar refractivity (Wildman–Crippen MR) is 53.1 cm³/mol. The van der Waals surface area contributed by atoms with Gasteiger partial charge in [-0.15, -0.1) is 12.0 Å². The summed E-state index contributed by atoms with van der Waals surface area (Å²) in [6.45, 7) is 2.65. The highest BCUT2D eigenvalue weighted by molar-refractivity contribution is 6.59. The van der Waals surface area contributed by atoms with Crippen molar-refractivity contribution < 1.29 is 4.43 Å². The number of terminal acetylenes is 1. The minimum Gasteiger partial charge on any atom is -0.404 e. The molecule has 0 fully saturated rings. The Bertz CT molecular complexity index is 263. The van der Waals surface area contributed by atoms with Gasteiger partial charge in [-0.2, -0.15) is 0 Å². The van der Waals surface area contributed by atoms with E-state index in [2.05, 4.69) is 5.54 Å². The Hall–Kier alpha value is -1.04. The molecule has 0 saturated carbocycles. The predicted octanol–water partition coefficient (Wildman–Crippen LogP) is 1.73. The number of rotatable bonds is 3. The van der Waals surface area contributed by atoms with Crippen LogP contribution in [0, 0.1) is 12.0 Å². The molecular formula is C10H12OSi. The van der Waals surface area contributed by atoms with E-state index in [0.717, 1.165) is 0 Å². The molecular weight excluding hydrogens is 164 g/mol. The summed E-state index contributed by atoms with van der Waals surface area (Å²) in [5.74, 6) is 0. The van der Waals surface area contributed by atoms with Crippen LogP contribution < -0.4 is 0 Å². The Morgan fingerprint density at radius 1 is 1.42 bits per heavy atom. The second-order valence-corrected chi connectivity index (χ2v) is 4.56. The maximum atomic E-state index is 5.48. The molecule has 0 aliphatic rings. The third-order valence-corrected chi connectivity index (χ3v) is 2.71. The van der Waals surface area contributed by atoms with Crippen LogP contribution in [0.4, 0.5) is 0 Å². The fourth-order valence-electron chi connectivity index (χ4n) is 0.844. The lowest BCUT2D eigenvalue weighted by atomic mass is 10.2. The van der Waals surface area contributed by atoms with Crippen LogP contribution in [0.25, 0.3) is 0 Å². The number of hydrogen-bond acceptors (Lipinski definition) is 1. The third kappa shape index (κ3) is 2.91. The Labute approximate surface area is 75.1 Å². The van der Waals surface area contributed by atoms with Crippen LogP contribution in [0.3, 0.4) is 0 Å². The van der Waals surface area contributed by atoms with E-state index in [1.54, 1.807) is 0 Å². The minimum absolute atomic E-state index is 0.651. The van der Waals surface area contributed by atoms with Crippen molar-refractivity contribution in [3.05, 3.63) is 35.9 Å². The molecule has 0 amide bonds. The average molecular weight is 176 g/mol. The van der Waals surface area contributed by atoms with Gasteiger partial charge in [0, 0.05) is 0 Å². The quantitative estimate of drug-likeness (QED) is 0.503. The monoisotopic (exact) mass is 176 g/mol. The van der Waals surface area contributed by atoms with Gasteiger partial charge in [0.1, 0.15) is 0 Å². The van der Waals surface area contributed by atoms with Gasteiger partial charge in [0.05, 0.1) is 6.61 Å². The zero-order chi connectivity index (χ0) is 8.81. The SMILES string of the molecule is C#C[SiH](C)OCc1ccccc1. The summed E-state index contributed by atoms with van der Waals surface area (Å²) < 4.78 is 5.48. The molecule has 0 aliphatic carbocycles. The minimum atomic E-state index is -1.32. The van der Waals surface area contributed by atoms with Crippen molar-refractivity contribution in [1.82, 2.24) is 0 Å². The Kier molecular flexibility index (Phi) is 3.59. The van der Waals surface area contributed by atoms with Crippen LogP contribution in [-0.2, 0) is 11.0 Å². The smallest absolute Gasteiger partial charge is 0.253 e. The summed E-state index contributed by atoms with van der Waals surface area (Å²) in [4.78, 5) is 0. The molecule has 0 spiro atoms. The van der Waals surface area contributed by atoms with Gasteiger partial charge in [0.15, 0.2) is 0 Å².